The number of aromatic nitrogens is 2. The van der Waals surface area contributed by atoms with Crippen molar-refractivity contribution in [1.82, 2.24) is 9.78 Å². The number of hydrogen-bond donors (Lipinski definition) is 1. The van der Waals surface area contributed by atoms with Gasteiger partial charge in [-0.2, -0.15) is 5.10 Å². The van der Waals surface area contributed by atoms with Gasteiger partial charge in [0.25, 0.3) is 0 Å². The van der Waals surface area contributed by atoms with Crippen molar-refractivity contribution in [2.45, 2.75) is 26.6 Å². The molecule has 0 aliphatic heterocycles. The van der Waals surface area contributed by atoms with Crippen molar-refractivity contribution in [2.75, 3.05) is 0 Å². The van der Waals surface area contributed by atoms with E-state index >= 15 is 0 Å². The van der Waals surface area contributed by atoms with Crippen molar-refractivity contribution < 1.29 is 9.15 Å². The molecular formula is C11H15N3O2. The number of ether oxygens (including phenoxy) is 1. The lowest BCUT2D eigenvalue weighted by Gasteiger charge is -2.02. The molecule has 2 aromatic rings. The first-order valence-corrected chi connectivity index (χ1v) is 5.24. The highest BCUT2D eigenvalue weighted by Crippen LogP contribution is 2.14. The van der Waals surface area contributed by atoms with Crippen LogP contribution in [0.1, 0.15) is 18.2 Å². The van der Waals surface area contributed by atoms with Gasteiger partial charge in [-0.1, -0.05) is 0 Å². The monoisotopic (exact) mass is 221 g/mol. The maximum atomic E-state index is 5.56. The molecule has 0 saturated carbocycles. The lowest BCUT2D eigenvalue weighted by Crippen LogP contribution is -2.01. The molecule has 86 valence electrons. The van der Waals surface area contributed by atoms with Crippen LogP contribution in [0.15, 0.2) is 29.1 Å². The van der Waals surface area contributed by atoms with E-state index in [4.69, 9.17) is 14.9 Å². The Morgan fingerprint density at radius 2 is 2.44 bits per heavy atom. The fourth-order valence-electron chi connectivity index (χ4n) is 1.42. The van der Waals surface area contributed by atoms with Gasteiger partial charge in [0.05, 0.1) is 18.7 Å². The lowest BCUT2D eigenvalue weighted by molar-refractivity contribution is 0.268. The molecule has 0 aliphatic carbocycles. The summed E-state index contributed by atoms with van der Waals surface area (Å²) < 4.78 is 12.6. The van der Waals surface area contributed by atoms with Gasteiger partial charge in [0, 0.05) is 18.7 Å². The molecule has 0 saturated heterocycles. The first kappa shape index (κ1) is 10.8. The number of nitrogens with zero attached hydrogens (tertiary/aromatic N) is 2. The summed E-state index contributed by atoms with van der Waals surface area (Å²) in [6.45, 7) is 3.70. The van der Waals surface area contributed by atoms with Gasteiger partial charge in [-0.25, -0.2) is 0 Å². The SMILES string of the molecule is CCn1cc(OCc2occc2CN)cn1. The maximum absolute atomic E-state index is 5.56. The fraction of sp³-hybridized carbons (Fsp3) is 0.364. The van der Waals surface area contributed by atoms with E-state index in [1.807, 2.05) is 19.2 Å². The molecule has 2 rings (SSSR count). The van der Waals surface area contributed by atoms with E-state index in [1.165, 1.54) is 0 Å². The normalized spacial score (nSPS) is 10.6. The molecule has 0 aromatic carbocycles. The molecular weight excluding hydrogens is 206 g/mol. The van der Waals surface area contributed by atoms with E-state index in [2.05, 4.69) is 5.10 Å². The van der Waals surface area contributed by atoms with Crippen molar-refractivity contribution >= 4 is 0 Å². The van der Waals surface area contributed by atoms with Gasteiger partial charge < -0.3 is 14.9 Å². The zero-order chi connectivity index (χ0) is 11.4. The van der Waals surface area contributed by atoms with Crippen molar-refractivity contribution in [3.63, 3.8) is 0 Å². The third-order valence-corrected chi connectivity index (χ3v) is 2.36. The van der Waals surface area contributed by atoms with E-state index in [0.29, 0.717) is 13.2 Å². The fourth-order valence-corrected chi connectivity index (χ4v) is 1.42. The first-order chi connectivity index (χ1) is 7.83. The quantitative estimate of drug-likeness (QED) is 0.831. The minimum Gasteiger partial charge on any atom is -0.482 e. The summed E-state index contributed by atoms with van der Waals surface area (Å²) in [5, 5.41) is 4.11. The van der Waals surface area contributed by atoms with Gasteiger partial charge in [-0.15, -0.1) is 0 Å². The zero-order valence-electron chi connectivity index (χ0n) is 9.22. The summed E-state index contributed by atoms with van der Waals surface area (Å²) in [5.74, 6) is 1.51. The molecule has 0 fully saturated rings. The van der Waals surface area contributed by atoms with Crippen LogP contribution in [0.4, 0.5) is 0 Å². The summed E-state index contributed by atoms with van der Waals surface area (Å²) in [4.78, 5) is 0. The molecule has 0 atom stereocenters. The molecule has 0 aliphatic rings. The molecule has 2 N–H and O–H groups in total. The number of rotatable bonds is 5. The van der Waals surface area contributed by atoms with Crippen LogP contribution < -0.4 is 10.5 Å². The third kappa shape index (κ3) is 2.25. The van der Waals surface area contributed by atoms with Crippen molar-refractivity contribution in [1.29, 1.82) is 0 Å². The summed E-state index contributed by atoms with van der Waals surface area (Å²) >= 11 is 0. The van der Waals surface area contributed by atoms with E-state index in [-0.39, 0.29) is 0 Å². The van der Waals surface area contributed by atoms with E-state index < -0.39 is 0 Å². The van der Waals surface area contributed by atoms with Gasteiger partial charge in [0.2, 0.25) is 0 Å². The minimum atomic E-state index is 0.384. The second-order valence-corrected chi connectivity index (χ2v) is 3.39. The molecule has 16 heavy (non-hydrogen) atoms. The number of hydrogen-bond acceptors (Lipinski definition) is 4. The summed E-state index contributed by atoms with van der Waals surface area (Å²) in [6, 6.07) is 1.86. The molecule has 0 bridgehead atoms. The smallest absolute Gasteiger partial charge is 0.157 e. The number of aryl methyl sites for hydroxylation is 1. The Morgan fingerprint density at radius 1 is 1.56 bits per heavy atom. The summed E-state index contributed by atoms with van der Waals surface area (Å²) in [5.41, 5.74) is 6.53. The van der Waals surface area contributed by atoms with Crippen molar-refractivity contribution in [3.05, 3.63) is 36.0 Å². The minimum absolute atomic E-state index is 0.384. The summed E-state index contributed by atoms with van der Waals surface area (Å²) in [6.07, 6.45) is 5.16. The third-order valence-electron chi connectivity index (χ3n) is 2.36. The van der Waals surface area contributed by atoms with Crippen LogP contribution in [0.5, 0.6) is 5.75 Å². The Labute approximate surface area is 93.8 Å². The lowest BCUT2D eigenvalue weighted by atomic mass is 10.2. The van der Waals surface area contributed by atoms with Crippen LogP contribution in [-0.2, 0) is 19.7 Å². The topological polar surface area (TPSA) is 66.2 Å². The average molecular weight is 221 g/mol. The highest BCUT2D eigenvalue weighted by molar-refractivity contribution is 5.18. The molecule has 0 radical (unpaired) electrons. The number of furan rings is 1. The van der Waals surface area contributed by atoms with Crippen LogP contribution in [0.2, 0.25) is 0 Å². The molecule has 5 nitrogen and oxygen atoms in total. The largest absolute Gasteiger partial charge is 0.482 e. The van der Waals surface area contributed by atoms with E-state index in [0.717, 1.165) is 23.6 Å². The molecule has 0 unspecified atom stereocenters. The first-order valence-electron chi connectivity index (χ1n) is 5.24. The predicted molar refractivity (Wildman–Crippen MR) is 58.8 cm³/mol. The van der Waals surface area contributed by atoms with Crippen LogP contribution in [-0.4, -0.2) is 9.78 Å². The molecule has 0 amide bonds. The van der Waals surface area contributed by atoms with Gasteiger partial charge in [0.15, 0.2) is 5.75 Å². The Morgan fingerprint density at radius 3 is 3.12 bits per heavy atom. The average Bonchev–Trinajstić information content (AvgIpc) is 2.94. The van der Waals surface area contributed by atoms with Crippen LogP contribution in [0, 0.1) is 0 Å². The van der Waals surface area contributed by atoms with Gasteiger partial charge in [-0.05, 0) is 13.0 Å². The highest BCUT2D eigenvalue weighted by atomic mass is 16.5. The Hall–Kier alpha value is -1.75. The Kier molecular flexibility index (Phi) is 3.26. The molecule has 0 spiro atoms. The van der Waals surface area contributed by atoms with Crippen molar-refractivity contribution in [2.24, 2.45) is 5.73 Å². The van der Waals surface area contributed by atoms with Crippen LogP contribution in [0.25, 0.3) is 0 Å². The van der Waals surface area contributed by atoms with E-state index in [9.17, 15) is 0 Å². The molecule has 2 aromatic heterocycles. The summed E-state index contributed by atoms with van der Waals surface area (Å²) in [7, 11) is 0. The van der Waals surface area contributed by atoms with Gasteiger partial charge >= 0.3 is 0 Å². The second-order valence-electron chi connectivity index (χ2n) is 3.39. The zero-order valence-corrected chi connectivity index (χ0v) is 9.22. The van der Waals surface area contributed by atoms with Crippen LogP contribution in [0.3, 0.4) is 0 Å². The highest BCUT2D eigenvalue weighted by Gasteiger charge is 2.06. The number of nitrogens with two attached hydrogens (primary N) is 1. The molecule has 2 heterocycles. The van der Waals surface area contributed by atoms with Crippen molar-refractivity contribution in [3.8, 4) is 5.75 Å². The maximum Gasteiger partial charge on any atom is 0.157 e. The molecule has 5 heteroatoms. The standard InChI is InChI=1S/C11H15N3O2/c1-2-14-7-10(6-13-14)16-8-11-9(5-12)3-4-15-11/h3-4,6-7H,2,5,8,12H2,1H3. The Bertz CT molecular complexity index is 448. The van der Waals surface area contributed by atoms with Crippen LogP contribution >= 0.6 is 0 Å². The van der Waals surface area contributed by atoms with Gasteiger partial charge in [0.1, 0.15) is 12.4 Å². The van der Waals surface area contributed by atoms with Gasteiger partial charge in [-0.3, -0.25) is 4.68 Å². The second kappa shape index (κ2) is 4.85. The Balaban J connectivity index is 1.96. The predicted octanol–water partition coefficient (Wildman–Crippen LogP) is 1.53. The van der Waals surface area contributed by atoms with E-state index in [1.54, 1.807) is 17.1 Å².